The minimum absolute atomic E-state index is 0.00411. The third-order valence-electron chi connectivity index (χ3n) is 5.55. The summed E-state index contributed by atoms with van der Waals surface area (Å²) in [5, 5.41) is 6.91. The van der Waals surface area contributed by atoms with Crippen LogP contribution in [0.2, 0.25) is 0 Å². The van der Waals surface area contributed by atoms with E-state index in [0.29, 0.717) is 0 Å². The van der Waals surface area contributed by atoms with E-state index in [-0.39, 0.29) is 11.4 Å². The van der Waals surface area contributed by atoms with Crippen LogP contribution in [0.15, 0.2) is 66.9 Å². The molecule has 1 heterocycles. The molecule has 128 valence electrons. The Kier molecular flexibility index (Phi) is 3.20. The zero-order valence-electron chi connectivity index (χ0n) is 14.7. The van der Waals surface area contributed by atoms with Crippen LogP contribution in [0.3, 0.4) is 0 Å². The molecule has 0 bridgehead atoms. The Hall–Kier alpha value is -3.07. The Morgan fingerprint density at radius 1 is 1.00 bits per heavy atom. The van der Waals surface area contributed by atoms with Crippen LogP contribution in [-0.4, -0.2) is 10.9 Å². The lowest BCUT2D eigenvalue weighted by Crippen LogP contribution is -2.35. The van der Waals surface area contributed by atoms with E-state index < -0.39 is 0 Å². The highest BCUT2D eigenvalue weighted by molar-refractivity contribution is 6.00. The second-order valence-electron chi connectivity index (χ2n) is 7.29. The van der Waals surface area contributed by atoms with Crippen molar-refractivity contribution in [3.05, 3.63) is 83.6 Å². The normalized spacial score (nSPS) is 15.3. The molecule has 1 amide bonds. The van der Waals surface area contributed by atoms with E-state index in [4.69, 9.17) is 0 Å². The second-order valence-corrected chi connectivity index (χ2v) is 7.29. The molecule has 0 spiro atoms. The van der Waals surface area contributed by atoms with E-state index >= 15 is 0 Å². The summed E-state index contributed by atoms with van der Waals surface area (Å²) in [7, 11) is 0. The molecule has 1 fully saturated rings. The van der Waals surface area contributed by atoms with Gasteiger partial charge in [-0.15, -0.1) is 0 Å². The Balaban J connectivity index is 1.53. The average Bonchev–Trinajstić information content (AvgIpc) is 3.28. The lowest BCUT2D eigenvalue weighted by Gasteiger charge is -2.21. The van der Waals surface area contributed by atoms with Crippen molar-refractivity contribution in [1.29, 1.82) is 0 Å². The van der Waals surface area contributed by atoms with Crippen LogP contribution in [0.25, 0.3) is 21.7 Å². The monoisotopic (exact) mass is 340 g/mol. The zero-order chi connectivity index (χ0) is 17.7. The van der Waals surface area contributed by atoms with Crippen LogP contribution in [0.1, 0.15) is 34.3 Å². The number of hydrogen-bond acceptors (Lipinski definition) is 1. The van der Waals surface area contributed by atoms with Crippen LogP contribution >= 0.6 is 0 Å². The van der Waals surface area contributed by atoms with E-state index in [1.54, 1.807) is 0 Å². The predicted molar refractivity (Wildman–Crippen MR) is 105 cm³/mol. The van der Waals surface area contributed by atoms with E-state index in [1.165, 1.54) is 16.3 Å². The Bertz CT molecular complexity index is 1150. The molecule has 0 radical (unpaired) electrons. The molecule has 1 aromatic heterocycles. The van der Waals surface area contributed by atoms with Crippen LogP contribution in [0.5, 0.6) is 0 Å². The minimum atomic E-state index is -0.241. The first kappa shape index (κ1) is 15.2. The quantitative estimate of drug-likeness (QED) is 0.539. The highest BCUT2D eigenvalue weighted by Crippen LogP contribution is 2.48. The third kappa shape index (κ3) is 2.31. The summed E-state index contributed by atoms with van der Waals surface area (Å²) in [5.41, 5.74) is 3.72. The lowest BCUT2D eigenvalue weighted by atomic mass is 9.96. The van der Waals surface area contributed by atoms with Crippen LogP contribution < -0.4 is 5.32 Å². The maximum atomic E-state index is 13.1. The molecular weight excluding hydrogens is 320 g/mol. The first-order valence-electron chi connectivity index (χ1n) is 9.05. The molecule has 3 heteroatoms. The van der Waals surface area contributed by atoms with Gasteiger partial charge in [0.1, 0.15) is 0 Å². The fraction of sp³-hybridized carbons (Fsp3) is 0.174. The fourth-order valence-electron chi connectivity index (χ4n) is 3.97. The molecule has 2 N–H and O–H groups in total. The summed E-state index contributed by atoms with van der Waals surface area (Å²) in [4.78, 5) is 16.3. The van der Waals surface area contributed by atoms with Crippen LogP contribution in [0.4, 0.5) is 0 Å². The molecule has 4 aromatic rings. The highest BCUT2D eigenvalue weighted by atomic mass is 16.1. The van der Waals surface area contributed by atoms with Crippen molar-refractivity contribution < 1.29 is 4.79 Å². The number of benzene rings is 3. The summed E-state index contributed by atoms with van der Waals surface area (Å²) >= 11 is 0. The molecule has 1 saturated carbocycles. The van der Waals surface area contributed by atoms with Gasteiger partial charge < -0.3 is 10.3 Å². The van der Waals surface area contributed by atoms with E-state index in [9.17, 15) is 4.79 Å². The molecule has 0 unspecified atom stereocenters. The number of hydrogen-bond donors (Lipinski definition) is 2. The minimum Gasteiger partial charge on any atom is -0.361 e. The van der Waals surface area contributed by atoms with Crippen molar-refractivity contribution in [1.82, 2.24) is 10.3 Å². The Labute approximate surface area is 152 Å². The molecule has 3 nitrogen and oxygen atoms in total. The molecule has 5 rings (SSSR count). The number of amides is 1. The maximum Gasteiger partial charge on any atom is 0.252 e. The molecule has 0 saturated heterocycles. The fourth-order valence-corrected chi connectivity index (χ4v) is 3.97. The van der Waals surface area contributed by atoms with Gasteiger partial charge >= 0.3 is 0 Å². The molecule has 1 aliphatic carbocycles. The standard InChI is InChI=1S/C23H20N2O/c1-15-13-17-9-12-24-21(17)14-19(15)22(26)25-23(10-11-23)20-8-4-6-16-5-2-3-7-18(16)20/h2-9,12-14,24H,10-11H2,1H3,(H,25,26). The van der Waals surface area contributed by atoms with Gasteiger partial charge in [0.05, 0.1) is 5.54 Å². The van der Waals surface area contributed by atoms with Gasteiger partial charge in [-0.05, 0) is 65.3 Å². The van der Waals surface area contributed by atoms with Crippen molar-refractivity contribution in [2.75, 3.05) is 0 Å². The SMILES string of the molecule is Cc1cc2cc[nH]c2cc1C(=O)NC1(c2cccc3ccccc23)CC1. The highest BCUT2D eigenvalue weighted by Gasteiger charge is 2.46. The number of aromatic nitrogens is 1. The second kappa shape index (κ2) is 5.46. The van der Waals surface area contributed by atoms with Gasteiger partial charge in [-0.25, -0.2) is 0 Å². The van der Waals surface area contributed by atoms with Gasteiger partial charge in [0.2, 0.25) is 0 Å². The molecule has 0 atom stereocenters. The van der Waals surface area contributed by atoms with Gasteiger partial charge in [-0.1, -0.05) is 42.5 Å². The molecular formula is C23H20N2O. The number of aryl methyl sites for hydroxylation is 1. The van der Waals surface area contributed by atoms with Gasteiger partial charge in [0, 0.05) is 17.3 Å². The van der Waals surface area contributed by atoms with Crippen molar-refractivity contribution in [2.45, 2.75) is 25.3 Å². The number of carbonyl (C=O) groups excluding carboxylic acids is 1. The van der Waals surface area contributed by atoms with E-state index in [0.717, 1.165) is 34.9 Å². The molecule has 1 aliphatic rings. The number of H-pyrrole nitrogens is 1. The van der Waals surface area contributed by atoms with Crippen LogP contribution in [-0.2, 0) is 5.54 Å². The Morgan fingerprint density at radius 3 is 2.65 bits per heavy atom. The van der Waals surface area contributed by atoms with Gasteiger partial charge in [-0.2, -0.15) is 0 Å². The number of carbonyl (C=O) groups is 1. The predicted octanol–water partition coefficient (Wildman–Crippen LogP) is 5.05. The number of aromatic amines is 1. The summed E-state index contributed by atoms with van der Waals surface area (Å²) in [5.74, 6) is 0.00411. The first-order valence-corrected chi connectivity index (χ1v) is 9.05. The summed E-state index contributed by atoms with van der Waals surface area (Å²) in [6, 6.07) is 20.8. The molecule has 3 aromatic carbocycles. The van der Waals surface area contributed by atoms with E-state index in [1.807, 2.05) is 25.3 Å². The Morgan fingerprint density at radius 2 is 1.81 bits per heavy atom. The van der Waals surface area contributed by atoms with Crippen molar-refractivity contribution in [3.63, 3.8) is 0 Å². The first-order chi connectivity index (χ1) is 12.7. The van der Waals surface area contributed by atoms with Crippen molar-refractivity contribution in [2.24, 2.45) is 0 Å². The van der Waals surface area contributed by atoms with Gasteiger partial charge in [0.15, 0.2) is 0 Å². The van der Waals surface area contributed by atoms with E-state index in [2.05, 4.69) is 58.8 Å². The zero-order valence-corrected chi connectivity index (χ0v) is 14.7. The maximum absolute atomic E-state index is 13.1. The summed E-state index contributed by atoms with van der Waals surface area (Å²) in [6.07, 6.45) is 3.87. The van der Waals surface area contributed by atoms with Crippen molar-refractivity contribution in [3.8, 4) is 0 Å². The lowest BCUT2D eigenvalue weighted by molar-refractivity contribution is 0.0930. The third-order valence-corrected chi connectivity index (χ3v) is 5.55. The number of rotatable bonds is 3. The topological polar surface area (TPSA) is 44.9 Å². The number of nitrogens with one attached hydrogen (secondary N) is 2. The summed E-state index contributed by atoms with van der Waals surface area (Å²) < 4.78 is 0. The van der Waals surface area contributed by atoms with Crippen molar-refractivity contribution >= 4 is 27.6 Å². The molecule has 0 aliphatic heterocycles. The smallest absolute Gasteiger partial charge is 0.252 e. The largest absolute Gasteiger partial charge is 0.361 e. The van der Waals surface area contributed by atoms with Gasteiger partial charge in [-0.3, -0.25) is 4.79 Å². The number of fused-ring (bicyclic) bond motifs is 2. The summed E-state index contributed by atoms with van der Waals surface area (Å²) in [6.45, 7) is 2.00. The van der Waals surface area contributed by atoms with Gasteiger partial charge in [0.25, 0.3) is 5.91 Å². The average molecular weight is 340 g/mol. The molecule has 26 heavy (non-hydrogen) atoms. The van der Waals surface area contributed by atoms with Crippen LogP contribution in [0, 0.1) is 6.92 Å².